The second-order valence-electron chi connectivity index (χ2n) is 6.97. The van der Waals surface area contributed by atoms with Crippen molar-refractivity contribution in [3.8, 4) is 0 Å². The Morgan fingerprint density at radius 3 is 2.86 bits per heavy atom. The van der Waals surface area contributed by atoms with Crippen LogP contribution in [0.5, 0.6) is 0 Å². The summed E-state index contributed by atoms with van der Waals surface area (Å²) in [6, 6.07) is 0. The van der Waals surface area contributed by atoms with Crippen molar-refractivity contribution in [2.75, 3.05) is 19.6 Å². The van der Waals surface area contributed by atoms with E-state index < -0.39 is 0 Å². The molecule has 1 aliphatic rings. The molecule has 118 valence electrons. The second kappa shape index (κ2) is 6.56. The van der Waals surface area contributed by atoms with Crippen LogP contribution in [-0.4, -0.2) is 51.2 Å². The van der Waals surface area contributed by atoms with Crippen LogP contribution in [0.2, 0.25) is 0 Å². The lowest BCUT2D eigenvalue weighted by molar-refractivity contribution is -0.122. The van der Waals surface area contributed by atoms with Crippen LogP contribution in [0.25, 0.3) is 0 Å². The van der Waals surface area contributed by atoms with Gasteiger partial charge in [0.05, 0.1) is 0 Å². The van der Waals surface area contributed by atoms with Gasteiger partial charge in [0, 0.05) is 31.0 Å². The molecule has 0 aliphatic carbocycles. The lowest BCUT2D eigenvalue weighted by Crippen LogP contribution is -2.43. The Morgan fingerprint density at radius 1 is 1.48 bits per heavy atom. The first-order valence-electron chi connectivity index (χ1n) is 7.76. The molecule has 1 amide bonds. The molecule has 0 saturated carbocycles. The van der Waals surface area contributed by atoms with Crippen LogP contribution in [0.3, 0.4) is 0 Å². The Balaban J connectivity index is 1.80. The van der Waals surface area contributed by atoms with Crippen LogP contribution in [0, 0.1) is 6.92 Å². The van der Waals surface area contributed by atoms with Crippen molar-refractivity contribution in [2.45, 2.75) is 58.4 Å². The van der Waals surface area contributed by atoms with E-state index in [0.717, 1.165) is 44.1 Å². The molecular weight excluding hydrogens is 266 g/mol. The van der Waals surface area contributed by atoms with E-state index in [-0.39, 0.29) is 11.4 Å². The van der Waals surface area contributed by atoms with Crippen molar-refractivity contribution in [1.29, 1.82) is 0 Å². The summed E-state index contributed by atoms with van der Waals surface area (Å²) in [5.74, 6) is 2.29. The third-order valence-corrected chi connectivity index (χ3v) is 3.65. The molecule has 0 unspecified atom stereocenters. The van der Waals surface area contributed by atoms with Gasteiger partial charge in [-0.3, -0.25) is 9.89 Å². The first-order chi connectivity index (χ1) is 9.83. The standard InChI is InChI=1S/C15H27N5O/c1-11-16-14(19-18-11)12-6-5-8-20(10-12)9-7-13(21)17-15(2,3)4/h12H,5-10H2,1-4H3,(H,17,21)(H,16,18,19)/t12-/m1/s1. The number of nitrogens with one attached hydrogen (secondary N) is 2. The van der Waals surface area contributed by atoms with Gasteiger partial charge < -0.3 is 10.2 Å². The summed E-state index contributed by atoms with van der Waals surface area (Å²) >= 11 is 0. The van der Waals surface area contributed by atoms with Crippen LogP contribution in [0.15, 0.2) is 0 Å². The molecular formula is C15H27N5O. The Labute approximate surface area is 126 Å². The highest BCUT2D eigenvalue weighted by Crippen LogP contribution is 2.24. The van der Waals surface area contributed by atoms with E-state index >= 15 is 0 Å². The van der Waals surface area contributed by atoms with E-state index in [0.29, 0.717) is 12.3 Å². The van der Waals surface area contributed by atoms with E-state index in [1.54, 1.807) is 0 Å². The van der Waals surface area contributed by atoms with Crippen molar-refractivity contribution in [3.05, 3.63) is 11.6 Å². The number of rotatable bonds is 4. The molecule has 0 bridgehead atoms. The number of piperidine rings is 1. The number of carbonyl (C=O) groups is 1. The maximum Gasteiger partial charge on any atom is 0.221 e. The zero-order valence-electron chi connectivity index (χ0n) is 13.6. The maximum atomic E-state index is 11.9. The summed E-state index contributed by atoms with van der Waals surface area (Å²) in [5.41, 5.74) is -0.155. The van der Waals surface area contributed by atoms with Crippen LogP contribution in [0.4, 0.5) is 0 Å². The zero-order chi connectivity index (χ0) is 15.5. The molecule has 0 radical (unpaired) electrons. The number of amides is 1. The SMILES string of the molecule is Cc1nc([C@@H]2CCCN(CCC(=O)NC(C)(C)C)C2)n[nH]1. The topological polar surface area (TPSA) is 73.9 Å². The summed E-state index contributed by atoms with van der Waals surface area (Å²) < 4.78 is 0. The highest BCUT2D eigenvalue weighted by Gasteiger charge is 2.24. The highest BCUT2D eigenvalue weighted by molar-refractivity contribution is 5.76. The number of nitrogens with zero attached hydrogens (tertiary/aromatic N) is 3. The van der Waals surface area contributed by atoms with Crippen molar-refractivity contribution >= 4 is 5.91 Å². The van der Waals surface area contributed by atoms with Crippen molar-refractivity contribution in [3.63, 3.8) is 0 Å². The van der Waals surface area contributed by atoms with Gasteiger partial charge in [-0.2, -0.15) is 5.10 Å². The fraction of sp³-hybridized carbons (Fsp3) is 0.800. The second-order valence-corrected chi connectivity index (χ2v) is 6.97. The molecule has 0 spiro atoms. The van der Waals surface area contributed by atoms with Gasteiger partial charge in [0.15, 0.2) is 5.82 Å². The third-order valence-electron chi connectivity index (χ3n) is 3.65. The first-order valence-corrected chi connectivity index (χ1v) is 7.76. The Bertz CT molecular complexity index is 477. The smallest absolute Gasteiger partial charge is 0.221 e. The minimum absolute atomic E-state index is 0.123. The van der Waals surface area contributed by atoms with Crippen LogP contribution < -0.4 is 5.32 Å². The predicted octanol–water partition coefficient (Wildman–Crippen LogP) is 1.60. The maximum absolute atomic E-state index is 11.9. The van der Waals surface area contributed by atoms with Gasteiger partial charge in [-0.1, -0.05) is 0 Å². The summed E-state index contributed by atoms with van der Waals surface area (Å²) in [6.45, 7) is 10.8. The van der Waals surface area contributed by atoms with Crippen LogP contribution in [-0.2, 0) is 4.79 Å². The van der Waals surface area contributed by atoms with Gasteiger partial charge in [-0.25, -0.2) is 4.98 Å². The quantitative estimate of drug-likeness (QED) is 0.884. The molecule has 0 aromatic carbocycles. The summed E-state index contributed by atoms with van der Waals surface area (Å²) in [6.07, 6.45) is 2.82. The van der Waals surface area contributed by atoms with Gasteiger partial charge in [0.2, 0.25) is 5.91 Å². The van der Waals surface area contributed by atoms with E-state index in [4.69, 9.17) is 0 Å². The van der Waals surface area contributed by atoms with E-state index in [2.05, 4.69) is 25.4 Å². The summed E-state index contributed by atoms with van der Waals surface area (Å²) in [7, 11) is 0. The van der Waals surface area contributed by atoms with Gasteiger partial charge in [-0.15, -0.1) is 0 Å². The van der Waals surface area contributed by atoms with E-state index in [1.807, 2.05) is 27.7 Å². The average molecular weight is 293 g/mol. The lowest BCUT2D eigenvalue weighted by atomic mass is 9.97. The highest BCUT2D eigenvalue weighted by atomic mass is 16.1. The molecule has 6 heteroatoms. The molecule has 1 fully saturated rings. The largest absolute Gasteiger partial charge is 0.351 e. The number of aromatic amines is 1. The predicted molar refractivity (Wildman–Crippen MR) is 82.0 cm³/mol. The fourth-order valence-electron chi connectivity index (χ4n) is 2.75. The van der Waals surface area contributed by atoms with Crippen LogP contribution >= 0.6 is 0 Å². The average Bonchev–Trinajstić information content (AvgIpc) is 2.82. The molecule has 21 heavy (non-hydrogen) atoms. The number of H-pyrrole nitrogens is 1. The first kappa shape index (κ1) is 15.9. The molecule has 1 aliphatic heterocycles. The van der Waals surface area contributed by atoms with Crippen molar-refractivity contribution in [2.24, 2.45) is 0 Å². The fourth-order valence-corrected chi connectivity index (χ4v) is 2.75. The van der Waals surface area contributed by atoms with Crippen molar-refractivity contribution < 1.29 is 4.79 Å². The monoisotopic (exact) mass is 293 g/mol. The Hall–Kier alpha value is -1.43. The molecule has 2 rings (SSSR count). The minimum Gasteiger partial charge on any atom is -0.351 e. The number of aryl methyl sites for hydroxylation is 1. The van der Waals surface area contributed by atoms with Crippen molar-refractivity contribution in [1.82, 2.24) is 25.4 Å². The number of carbonyl (C=O) groups excluding carboxylic acids is 1. The number of likely N-dealkylation sites (tertiary alicyclic amines) is 1. The van der Waals surface area contributed by atoms with Gasteiger partial charge >= 0.3 is 0 Å². The zero-order valence-corrected chi connectivity index (χ0v) is 13.6. The molecule has 1 atom stereocenters. The summed E-state index contributed by atoms with van der Waals surface area (Å²) in [5, 5.41) is 10.2. The van der Waals surface area contributed by atoms with E-state index in [1.165, 1.54) is 0 Å². The van der Waals surface area contributed by atoms with Gasteiger partial charge in [-0.05, 0) is 47.1 Å². The lowest BCUT2D eigenvalue weighted by Gasteiger charge is -2.31. The number of hydrogen-bond acceptors (Lipinski definition) is 4. The molecule has 2 N–H and O–H groups in total. The molecule has 2 heterocycles. The molecule has 1 aromatic heterocycles. The normalized spacial score (nSPS) is 20.5. The number of aromatic nitrogens is 3. The Morgan fingerprint density at radius 2 is 2.24 bits per heavy atom. The minimum atomic E-state index is -0.155. The number of hydrogen-bond donors (Lipinski definition) is 2. The van der Waals surface area contributed by atoms with E-state index in [9.17, 15) is 4.79 Å². The van der Waals surface area contributed by atoms with Gasteiger partial charge in [0.25, 0.3) is 0 Å². The molecule has 1 saturated heterocycles. The van der Waals surface area contributed by atoms with Gasteiger partial charge in [0.1, 0.15) is 5.82 Å². The summed E-state index contributed by atoms with van der Waals surface area (Å²) in [4.78, 5) is 18.7. The van der Waals surface area contributed by atoms with Crippen LogP contribution in [0.1, 0.15) is 57.6 Å². The third kappa shape index (κ3) is 5.12. The molecule has 1 aromatic rings. The Kier molecular flexibility index (Phi) is 4.98. The molecule has 6 nitrogen and oxygen atoms in total.